The number of ether oxygens (including phenoxy) is 1. The van der Waals surface area contributed by atoms with Gasteiger partial charge in [-0.15, -0.1) is 0 Å². The van der Waals surface area contributed by atoms with Gasteiger partial charge in [-0.2, -0.15) is 0 Å². The van der Waals surface area contributed by atoms with Crippen molar-refractivity contribution in [2.75, 3.05) is 33.2 Å². The highest BCUT2D eigenvalue weighted by Gasteiger charge is 2.43. The van der Waals surface area contributed by atoms with Gasteiger partial charge in [0.25, 0.3) is 0 Å². The van der Waals surface area contributed by atoms with Crippen molar-refractivity contribution in [3.63, 3.8) is 0 Å². The number of carbonyl (C=O) groups is 2. The van der Waals surface area contributed by atoms with Crippen molar-refractivity contribution in [3.05, 3.63) is 29.8 Å². The second-order valence-corrected chi connectivity index (χ2v) is 8.52. The summed E-state index contributed by atoms with van der Waals surface area (Å²) < 4.78 is 19.0. The summed E-state index contributed by atoms with van der Waals surface area (Å²) in [6.07, 6.45) is 4.28. The third kappa shape index (κ3) is 4.93. The van der Waals surface area contributed by atoms with Crippen LogP contribution >= 0.6 is 0 Å². The molecule has 3 aliphatic heterocycles. The Morgan fingerprint density at radius 3 is 2.76 bits per heavy atom. The molecule has 4 rings (SSSR count). The normalized spacial score (nSPS) is 28.2. The zero-order valence-corrected chi connectivity index (χ0v) is 16.8. The van der Waals surface area contributed by atoms with E-state index in [1.807, 2.05) is 0 Å². The van der Waals surface area contributed by atoms with Gasteiger partial charge in [-0.1, -0.05) is 0 Å². The molecule has 0 aliphatic carbocycles. The van der Waals surface area contributed by atoms with E-state index >= 15 is 0 Å². The lowest BCUT2D eigenvalue weighted by molar-refractivity contribution is -0.138. The summed E-state index contributed by atoms with van der Waals surface area (Å²) in [6.45, 7) is 3.17. The highest BCUT2D eigenvalue weighted by molar-refractivity contribution is 5.81. The number of hydrogen-bond acceptors (Lipinski definition) is 5. The monoisotopic (exact) mass is 404 g/mol. The Balaban J connectivity index is 1.27. The number of fused-ring (bicyclic) bond motifs is 1. The van der Waals surface area contributed by atoms with Gasteiger partial charge in [0.05, 0.1) is 18.7 Å². The summed E-state index contributed by atoms with van der Waals surface area (Å²) in [6, 6.07) is 3.08. The molecule has 1 N–H and O–H groups in total. The Morgan fingerprint density at radius 1 is 1.24 bits per heavy atom. The number of hydrogen-bond donors (Lipinski definition) is 1. The number of halogens is 1. The first kappa shape index (κ1) is 20.2. The quantitative estimate of drug-likeness (QED) is 0.810. The number of carbonyl (C=O) groups excluding carboxylic acids is 2. The molecule has 3 atom stereocenters. The minimum atomic E-state index is -0.418. The van der Waals surface area contributed by atoms with E-state index in [0.717, 1.165) is 45.0 Å². The Kier molecular flexibility index (Phi) is 6.10. The van der Waals surface area contributed by atoms with Crippen molar-refractivity contribution in [2.24, 2.45) is 5.92 Å². The van der Waals surface area contributed by atoms with E-state index in [9.17, 15) is 14.0 Å². The van der Waals surface area contributed by atoms with E-state index < -0.39 is 11.9 Å². The highest BCUT2D eigenvalue weighted by Crippen LogP contribution is 2.33. The van der Waals surface area contributed by atoms with Crippen LogP contribution in [0.4, 0.5) is 4.39 Å². The van der Waals surface area contributed by atoms with E-state index in [1.165, 1.54) is 12.1 Å². The van der Waals surface area contributed by atoms with E-state index in [-0.39, 0.29) is 30.4 Å². The average molecular weight is 404 g/mol. The molecule has 7 nitrogen and oxygen atoms in total. The minimum Gasteiger partial charge on any atom is -0.363 e. The maximum atomic E-state index is 13.0. The fraction of sp³-hybridized carbons (Fsp3) is 0.667. The van der Waals surface area contributed by atoms with Crippen LogP contribution in [0.1, 0.15) is 31.4 Å². The maximum Gasteiger partial charge on any atom is 0.249 e. The zero-order chi connectivity index (χ0) is 20.4. The second-order valence-electron chi connectivity index (χ2n) is 8.52. The van der Waals surface area contributed by atoms with Gasteiger partial charge >= 0.3 is 0 Å². The van der Waals surface area contributed by atoms with Crippen LogP contribution in [0.2, 0.25) is 0 Å². The molecule has 8 heteroatoms. The molecule has 4 heterocycles. The molecule has 29 heavy (non-hydrogen) atoms. The Morgan fingerprint density at radius 2 is 2.03 bits per heavy atom. The summed E-state index contributed by atoms with van der Waals surface area (Å²) in [4.78, 5) is 33.3. The van der Waals surface area contributed by atoms with Crippen LogP contribution < -0.4 is 5.32 Å². The Hall–Kier alpha value is -2.06. The van der Waals surface area contributed by atoms with Crippen molar-refractivity contribution in [2.45, 2.75) is 50.4 Å². The van der Waals surface area contributed by atoms with E-state index in [0.29, 0.717) is 24.7 Å². The van der Waals surface area contributed by atoms with E-state index in [1.54, 1.807) is 4.90 Å². The summed E-state index contributed by atoms with van der Waals surface area (Å²) >= 11 is 0. The van der Waals surface area contributed by atoms with Crippen LogP contribution in [0.3, 0.4) is 0 Å². The maximum absolute atomic E-state index is 13.0. The largest absolute Gasteiger partial charge is 0.363 e. The number of rotatable bonds is 4. The minimum absolute atomic E-state index is 0.0117. The zero-order valence-electron chi connectivity index (χ0n) is 16.8. The first-order valence-corrected chi connectivity index (χ1v) is 10.5. The lowest BCUT2D eigenvalue weighted by Gasteiger charge is -2.34. The van der Waals surface area contributed by atoms with Gasteiger partial charge < -0.3 is 19.9 Å². The van der Waals surface area contributed by atoms with Gasteiger partial charge in [0.15, 0.2) is 0 Å². The van der Waals surface area contributed by atoms with Gasteiger partial charge in [0, 0.05) is 24.8 Å². The van der Waals surface area contributed by atoms with Crippen molar-refractivity contribution >= 4 is 11.8 Å². The molecule has 3 fully saturated rings. The van der Waals surface area contributed by atoms with Gasteiger partial charge in [0.2, 0.25) is 11.8 Å². The third-order valence-electron chi connectivity index (χ3n) is 6.38. The summed E-state index contributed by atoms with van der Waals surface area (Å²) in [5.74, 6) is -0.144. The van der Waals surface area contributed by atoms with Crippen LogP contribution in [-0.2, 0) is 20.7 Å². The lowest BCUT2D eigenvalue weighted by Crippen LogP contribution is -2.47. The predicted octanol–water partition coefficient (Wildman–Crippen LogP) is 0.980. The summed E-state index contributed by atoms with van der Waals surface area (Å²) in [5.41, 5.74) is 0.557. The Bertz CT molecular complexity index is 736. The van der Waals surface area contributed by atoms with Crippen LogP contribution in [-0.4, -0.2) is 78.1 Å². The lowest BCUT2D eigenvalue weighted by atomic mass is 9.91. The van der Waals surface area contributed by atoms with E-state index in [2.05, 4.69) is 22.2 Å². The molecular weight excluding hydrogens is 375 g/mol. The molecule has 0 saturated carbocycles. The fourth-order valence-electron chi connectivity index (χ4n) is 4.55. The molecule has 3 saturated heterocycles. The van der Waals surface area contributed by atoms with Crippen molar-refractivity contribution in [1.29, 1.82) is 0 Å². The van der Waals surface area contributed by atoms with Crippen molar-refractivity contribution in [1.82, 2.24) is 20.1 Å². The molecule has 0 spiro atoms. The molecule has 0 radical (unpaired) electrons. The molecule has 2 amide bonds. The third-order valence-corrected chi connectivity index (χ3v) is 6.38. The van der Waals surface area contributed by atoms with Gasteiger partial charge in [-0.05, 0) is 63.9 Å². The Labute approximate surface area is 170 Å². The SMILES string of the molecule is CN1CCC(NC(=O)C2C[C@@H]3CCN(C(=O)Cc4ccc(F)cn4)C[C@@H]3O2)CC1. The smallest absolute Gasteiger partial charge is 0.249 e. The molecule has 1 aromatic rings. The average Bonchev–Trinajstić information content (AvgIpc) is 3.15. The first-order valence-electron chi connectivity index (χ1n) is 10.5. The topological polar surface area (TPSA) is 74.8 Å². The predicted molar refractivity (Wildman–Crippen MR) is 105 cm³/mol. The molecule has 1 unspecified atom stereocenters. The summed E-state index contributed by atoms with van der Waals surface area (Å²) in [7, 11) is 2.10. The first-order chi connectivity index (χ1) is 14.0. The number of piperidine rings is 2. The number of pyridine rings is 1. The number of aromatic nitrogens is 1. The van der Waals surface area contributed by atoms with Crippen molar-refractivity contribution in [3.8, 4) is 0 Å². The van der Waals surface area contributed by atoms with Gasteiger partial charge in [-0.3, -0.25) is 14.6 Å². The molecule has 0 aromatic carbocycles. The molecule has 1 aromatic heterocycles. The second kappa shape index (κ2) is 8.75. The van der Waals surface area contributed by atoms with Crippen molar-refractivity contribution < 1.29 is 18.7 Å². The van der Waals surface area contributed by atoms with Crippen LogP contribution in [0.15, 0.2) is 18.3 Å². The molecule has 0 bridgehead atoms. The van der Waals surface area contributed by atoms with Gasteiger partial charge in [0.1, 0.15) is 11.9 Å². The molecule has 3 aliphatic rings. The number of likely N-dealkylation sites (tertiary alicyclic amines) is 2. The standard InChI is InChI=1S/C21H29FN4O3/c1-25-7-5-16(6-8-25)24-21(28)18-10-14-4-9-26(13-19(14)29-18)20(27)11-17-3-2-15(22)12-23-17/h2-3,12,14,16,18-19H,4-11,13H2,1H3,(H,24,28)/t14-,18?,19-/m0/s1. The van der Waals surface area contributed by atoms with E-state index in [4.69, 9.17) is 4.74 Å². The van der Waals surface area contributed by atoms with Crippen LogP contribution in [0.5, 0.6) is 0 Å². The van der Waals surface area contributed by atoms with Crippen LogP contribution in [0.25, 0.3) is 0 Å². The number of nitrogens with one attached hydrogen (secondary N) is 1. The molecular formula is C21H29FN4O3. The summed E-state index contributed by atoms with van der Waals surface area (Å²) in [5, 5.41) is 3.15. The number of amides is 2. The van der Waals surface area contributed by atoms with Gasteiger partial charge in [-0.25, -0.2) is 4.39 Å². The number of nitrogens with zero attached hydrogens (tertiary/aromatic N) is 3. The molecule has 158 valence electrons. The highest BCUT2D eigenvalue weighted by atomic mass is 19.1. The van der Waals surface area contributed by atoms with Crippen LogP contribution in [0, 0.1) is 11.7 Å². The fourth-order valence-corrected chi connectivity index (χ4v) is 4.55.